The average molecular weight is 214 g/mol. The van der Waals surface area contributed by atoms with Gasteiger partial charge >= 0.3 is 5.97 Å². The summed E-state index contributed by atoms with van der Waals surface area (Å²) in [5.74, 6) is -1.28. The number of aliphatic carboxylic acids is 1. The number of nitrogens with one attached hydrogen (secondary N) is 2. The van der Waals surface area contributed by atoms with Crippen LogP contribution in [0.2, 0.25) is 0 Å². The predicted molar refractivity (Wildman–Crippen MR) is 55.5 cm³/mol. The maximum absolute atomic E-state index is 11.2. The van der Waals surface area contributed by atoms with Crippen molar-refractivity contribution >= 4 is 11.9 Å². The molecule has 1 atom stereocenters. The number of carbonyl (C=O) groups excluding carboxylic acids is 1. The molecule has 0 bridgehead atoms. The van der Waals surface area contributed by atoms with Crippen LogP contribution in [0.15, 0.2) is 0 Å². The predicted octanol–water partition coefficient (Wildman–Crippen LogP) is -0.0346. The van der Waals surface area contributed by atoms with Crippen LogP contribution < -0.4 is 10.6 Å². The van der Waals surface area contributed by atoms with Crippen LogP contribution in [0.4, 0.5) is 0 Å². The number of carboxylic acid groups (broad SMARTS) is 1. The normalized spacial score (nSPS) is 17.1. The van der Waals surface area contributed by atoms with Gasteiger partial charge in [-0.25, -0.2) is 0 Å². The van der Waals surface area contributed by atoms with Crippen molar-refractivity contribution in [2.24, 2.45) is 5.92 Å². The van der Waals surface area contributed by atoms with E-state index >= 15 is 0 Å². The first-order valence-corrected chi connectivity index (χ1v) is 5.32. The summed E-state index contributed by atoms with van der Waals surface area (Å²) >= 11 is 0. The third kappa shape index (κ3) is 5.37. The number of carboxylic acids is 1. The fraction of sp³-hybridized carbons (Fsp3) is 0.800. The van der Waals surface area contributed by atoms with E-state index in [-0.39, 0.29) is 5.91 Å². The maximum Gasteiger partial charge on any atom is 0.306 e. The minimum Gasteiger partial charge on any atom is -0.481 e. The van der Waals surface area contributed by atoms with E-state index in [4.69, 9.17) is 5.11 Å². The van der Waals surface area contributed by atoms with Gasteiger partial charge in [0.05, 0.1) is 12.5 Å². The molecule has 1 saturated carbocycles. The van der Waals surface area contributed by atoms with Crippen molar-refractivity contribution in [3.63, 3.8) is 0 Å². The first-order valence-electron chi connectivity index (χ1n) is 5.32. The Labute approximate surface area is 89.2 Å². The summed E-state index contributed by atoms with van der Waals surface area (Å²) in [7, 11) is 0. The molecule has 1 amide bonds. The molecule has 0 radical (unpaired) electrons. The van der Waals surface area contributed by atoms with E-state index in [0.717, 1.165) is 12.8 Å². The van der Waals surface area contributed by atoms with Gasteiger partial charge < -0.3 is 15.7 Å². The van der Waals surface area contributed by atoms with Crippen molar-refractivity contribution in [2.75, 3.05) is 13.1 Å². The first kappa shape index (κ1) is 12.0. The zero-order valence-corrected chi connectivity index (χ0v) is 8.95. The van der Waals surface area contributed by atoms with E-state index in [1.54, 1.807) is 6.92 Å². The second-order valence-electron chi connectivity index (χ2n) is 4.03. The SMILES string of the molecule is CC(CCNC(=O)CNC1CC1)C(=O)O. The summed E-state index contributed by atoms with van der Waals surface area (Å²) in [4.78, 5) is 21.7. The molecule has 3 N–H and O–H groups in total. The molecule has 5 nitrogen and oxygen atoms in total. The van der Waals surface area contributed by atoms with Gasteiger partial charge in [0.2, 0.25) is 5.91 Å². The van der Waals surface area contributed by atoms with Crippen molar-refractivity contribution in [1.29, 1.82) is 0 Å². The highest BCUT2D eigenvalue weighted by Crippen LogP contribution is 2.17. The summed E-state index contributed by atoms with van der Waals surface area (Å²) in [5, 5.41) is 14.4. The molecule has 1 aliphatic rings. The number of hydrogen-bond donors (Lipinski definition) is 3. The second kappa shape index (κ2) is 5.70. The molecule has 1 rings (SSSR count). The van der Waals surface area contributed by atoms with Crippen LogP contribution in [0.5, 0.6) is 0 Å². The average Bonchev–Trinajstić information content (AvgIpc) is 2.97. The fourth-order valence-corrected chi connectivity index (χ4v) is 1.14. The van der Waals surface area contributed by atoms with Gasteiger partial charge in [-0.1, -0.05) is 6.92 Å². The Bertz CT molecular complexity index is 239. The minimum absolute atomic E-state index is 0.0560. The molecular formula is C10H18N2O3. The smallest absolute Gasteiger partial charge is 0.306 e. The van der Waals surface area contributed by atoms with Crippen molar-refractivity contribution in [1.82, 2.24) is 10.6 Å². The first-order chi connectivity index (χ1) is 7.09. The monoisotopic (exact) mass is 214 g/mol. The van der Waals surface area contributed by atoms with Crippen LogP contribution in [0, 0.1) is 5.92 Å². The zero-order valence-electron chi connectivity index (χ0n) is 8.95. The van der Waals surface area contributed by atoms with E-state index in [0.29, 0.717) is 25.6 Å². The van der Waals surface area contributed by atoms with Gasteiger partial charge in [0.25, 0.3) is 0 Å². The standard InChI is InChI=1S/C10H18N2O3/c1-7(10(14)15)4-5-11-9(13)6-12-8-2-3-8/h7-8,12H,2-6H2,1H3,(H,11,13)(H,14,15). The lowest BCUT2D eigenvalue weighted by Crippen LogP contribution is -2.36. The number of amides is 1. The van der Waals surface area contributed by atoms with Gasteiger partial charge in [-0.15, -0.1) is 0 Å². The van der Waals surface area contributed by atoms with Crippen molar-refractivity contribution in [3.8, 4) is 0 Å². The van der Waals surface area contributed by atoms with Gasteiger partial charge in [-0.05, 0) is 19.3 Å². The Balaban J connectivity index is 1.98. The highest BCUT2D eigenvalue weighted by molar-refractivity contribution is 5.78. The molecule has 1 aliphatic carbocycles. The molecule has 1 fully saturated rings. The third-order valence-electron chi connectivity index (χ3n) is 2.45. The second-order valence-corrected chi connectivity index (χ2v) is 4.03. The third-order valence-corrected chi connectivity index (χ3v) is 2.45. The molecule has 86 valence electrons. The maximum atomic E-state index is 11.2. The Morgan fingerprint density at radius 3 is 2.67 bits per heavy atom. The Hall–Kier alpha value is -1.10. The highest BCUT2D eigenvalue weighted by Gasteiger charge is 2.21. The number of carbonyl (C=O) groups is 2. The lowest BCUT2D eigenvalue weighted by atomic mass is 10.1. The summed E-state index contributed by atoms with van der Waals surface area (Å²) in [6.07, 6.45) is 2.79. The summed E-state index contributed by atoms with van der Waals surface area (Å²) in [6.45, 7) is 2.40. The van der Waals surface area contributed by atoms with E-state index in [9.17, 15) is 9.59 Å². The van der Waals surface area contributed by atoms with Crippen molar-refractivity contribution in [2.45, 2.75) is 32.2 Å². The zero-order chi connectivity index (χ0) is 11.3. The molecule has 15 heavy (non-hydrogen) atoms. The molecule has 0 heterocycles. The van der Waals surface area contributed by atoms with Crippen LogP contribution in [0.3, 0.4) is 0 Å². The summed E-state index contributed by atoms with van der Waals surface area (Å²) < 4.78 is 0. The van der Waals surface area contributed by atoms with E-state index in [2.05, 4.69) is 10.6 Å². The molecule has 0 aliphatic heterocycles. The Morgan fingerprint density at radius 1 is 1.47 bits per heavy atom. The number of hydrogen-bond acceptors (Lipinski definition) is 3. The van der Waals surface area contributed by atoms with Gasteiger partial charge in [0, 0.05) is 12.6 Å². The topological polar surface area (TPSA) is 78.4 Å². The molecule has 0 aromatic heterocycles. The van der Waals surface area contributed by atoms with Crippen molar-refractivity contribution in [3.05, 3.63) is 0 Å². The van der Waals surface area contributed by atoms with Gasteiger partial charge in [-0.3, -0.25) is 9.59 Å². The molecule has 0 spiro atoms. The summed E-state index contributed by atoms with van der Waals surface area (Å²) in [5.41, 5.74) is 0. The Morgan fingerprint density at radius 2 is 2.13 bits per heavy atom. The van der Waals surface area contributed by atoms with E-state index in [1.807, 2.05) is 0 Å². The van der Waals surface area contributed by atoms with Gasteiger partial charge in [0.1, 0.15) is 0 Å². The lowest BCUT2D eigenvalue weighted by molar-refractivity contribution is -0.141. The fourth-order valence-electron chi connectivity index (χ4n) is 1.14. The van der Waals surface area contributed by atoms with Crippen LogP contribution >= 0.6 is 0 Å². The van der Waals surface area contributed by atoms with E-state index in [1.165, 1.54) is 0 Å². The van der Waals surface area contributed by atoms with Crippen LogP contribution in [-0.4, -0.2) is 36.1 Å². The highest BCUT2D eigenvalue weighted by atomic mass is 16.4. The minimum atomic E-state index is -0.819. The van der Waals surface area contributed by atoms with Crippen molar-refractivity contribution < 1.29 is 14.7 Å². The molecule has 5 heteroatoms. The number of rotatable bonds is 7. The quantitative estimate of drug-likeness (QED) is 0.556. The molecular weight excluding hydrogens is 196 g/mol. The van der Waals surface area contributed by atoms with Gasteiger partial charge in [-0.2, -0.15) is 0 Å². The van der Waals surface area contributed by atoms with Crippen LogP contribution in [0.1, 0.15) is 26.2 Å². The van der Waals surface area contributed by atoms with Crippen LogP contribution in [-0.2, 0) is 9.59 Å². The van der Waals surface area contributed by atoms with Gasteiger partial charge in [0.15, 0.2) is 0 Å². The largest absolute Gasteiger partial charge is 0.481 e. The van der Waals surface area contributed by atoms with E-state index < -0.39 is 11.9 Å². The lowest BCUT2D eigenvalue weighted by Gasteiger charge is -2.08. The Kier molecular flexibility index (Phi) is 4.55. The molecule has 1 unspecified atom stereocenters. The summed E-state index contributed by atoms with van der Waals surface area (Å²) in [6, 6.07) is 0.522. The molecule has 0 aromatic rings. The molecule has 0 aromatic carbocycles. The van der Waals surface area contributed by atoms with Crippen LogP contribution in [0.25, 0.3) is 0 Å². The molecule has 0 saturated heterocycles.